The SMILES string of the molecule is CC(C)CNCCCc1ncc(C2CCCO2)o1. The molecule has 0 saturated carbocycles. The molecular weight excluding hydrogens is 228 g/mol. The van der Waals surface area contributed by atoms with Gasteiger partial charge in [0.1, 0.15) is 6.10 Å². The summed E-state index contributed by atoms with van der Waals surface area (Å²) in [4.78, 5) is 4.32. The highest BCUT2D eigenvalue weighted by molar-refractivity contribution is 5.00. The zero-order chi connectivity index (χ0) is 12.8. The largest absolute Gasteiger partial charge is 0.443 e. The molecule has 1 fully saturated rings. The fourth-order valence-electron chi connectivity index (χ4n) is 2.15. The van der Waals surface area contributed by atoms with Crippen molar-refractivity contribution in [3.05, 3.63) is 17.8 Å². The van der Waals surface area contributed by atoms with Crippen LogP contribution < -0.4 is 5.32 Å². The van der Waals surface area contributed by atoms with Crippen molar-refractivity contribution < 1.29 is 9.15 Å². The number of aromatic nitrogens is 1. The number of hydrogen-bond donors (Lipinski definition) is 1. The van der Waals surface area contributed by atoms with Crippen molar-refractivity contribution in [2.24, 2.45) is 5.92 Å². The molecule has 4 heteroatoms. The highest BCUT2D eigenvalue weighted by Crippen LogP contribution is 2.28. The molecule has 1 aliphatic heterocycles. The summed E-state index contributed by atoms with van der Waals surface area (Å²) in [6.45, 7) is 7.38. The van der Waals surface area contributed by atoms with E-state index >= 15 is 0 Å². The quantitative estimate of drug-likeness (QED) is 0.758. The third-order valence-corrected chi connectivity index (χ3v) is 3.12. The number of ether oxygens (including phenoxy) is 1. The van der Waals surface area contributed by atoms with Crippen molar-refractivity contribution in [2.45, 2.75) is 45.6 Å². The number of aryl methyl sites for hydroxylation is 1. The smallest absolute Gasteiger partial charge is 0.194 e. The molecule has 2 rings (SSSR count). The van der Waals surface area contributed by atoms with Gasteiger partial charge in [-0.05, 0) is 38.3 Å². The lowest BCUT2D eigenvalue weighted by Gasteiger charge is -2.06. The molecule has 1 unspecified atom stereocenters. The Morgan fingerprint density at radius 1 is 1.50 bits per heavy atom. The Morgan fingerprint density at radius 3 is 3.11 bits per heavy atom. The summed E-state index contributed by atoms with van der Waals surface area (Å²) in [7, 11) is 0. The second-order valence-electron chi connectivity index (χ2n) is 5.36. The highest BCUT2D eigenvalue weighted by Gasteiger charge is 2.21. The van der Waals surface area contributed by atoms with Crippen molar-refractivity contribution in [1.29, 1.82) is 0 Å². The Morgan fingerprint density at radius 2 is 2.39 bits per heavy atom. The lowest BCUT2D eigenvalue weighted by Crippen LogP contribution is -2.21. The molecule has 0 spiro atoms. The van der Waals surface area contributed by atoms with Crippen LogP contribution in [0.15, 0.2) is 10.6 Å². The highest BCUT2D eigenvalue weighted by atomic mass is 16.5. The van der Waals surface area contributed by atoms with E-state index in [1.54, 1.807) is 0 Å². The van der Waals surface area contributed by atoms with Gasteiger partial charge in [-0.3, -0.25) is 0 Å². The van der Waals surface area contributed by atoms with E-state index in [4.69, 9.17) is 9.15 Å². The number of nitrogens with one attached hydrogen (secondary N) is 1. The average molecular weight is 252 g/mol. The topological polar surface area (TPSA) is 47.3 Å². The molecule has 0 bridgehead atoms. The molecule has 1 aliphatic rings. The fraction of sp³-hybridized carbons (Fsp3) is 0.786. The van der Waals surface area contributed by atoms with Crippen LogP contribution in [-0.4, -0.2) is 24.7 Å². The van der Waals surface area contributed by atoms with Gasteiger partial charge in [0.05, 0.1) is 6.20 Å². The molecule has 18 heavy (non-hydrogen) atoms. The Balaban J connectivity index is 1.67. The predicted octanol–water partition coefficient (Wildman–Crippen LogP) is 2.70. The maximum Gasteiger partial charge on any atom is 0.194 e. The van der Waals surface area contributed by atoms with Gasteiger partial charge in [-0.2, -0.15) is 0 Å². The minimum absolute atomic E-state index is 0.144. The van der Waals surface area contributed by atoms with E-state index in [1.807, 2.05) is 6.20 Å². The van der Waals surface area contributed by atoms with Crippen LogP contribution in [0, 0.1) is 5.92 Å². The zero-order valence-electron chi connectivity index (χ0n) is 11.4. The maximum atomic E-state index is 5.73. The molecule has 0 aromatic carbocycles. The van der Waals surface area contributed by atoms with E-state index in [9.17, 15) is 0 Å². The van der Waals surface area contributed by atoms with Gasteiger partial charge in [0, 0.05) is 13.0 Å². The van der Waals surface area contributed by atoms with Crippen LogP contribution >= 0.6 is 0 Å². The molecule has 1 saturated heterocycles. The third-order valence-electron chi connectivity index (χ3n) is 3.12. The molecule has 4 nitrogen and oxygen atoms in total. The number of hydrogen-bond acceptors (Lipinski definition) is 4. The summed E-state index contributed by atoms with van der Waals surface area (Å²) < 4.78 is 11.3. The van der Waals surface area contributed by atoms with Gasteiger partial charge in [0.2, 0.25) is 0 Å². The Hall–Kier alpha value is -0.870. The number of nitrogens with zero attached hydrogens (tertiary/aromatic N) is 1. The Kier molecular flexibility index (Phi) is 5.20. The van der Waals surface area contributed by atoms with Crippen molar-refractivity contribution in [1.82, 2.24) is 10.3 Å². The van der Waals surface area contributed by atoms with Crippen LogP contribution in [0.2, 0.25) is 0 Å². The van der Waals surface area contributed by atoms with E-state index in [0.29, 0.717) is 5.92 Å². The summed E-state index contributed by atoms with van der Waals surface area (Å²) in [5, 5.41) is 3.42. The molecule has 1 N–H and O–H groups in total. The van der Waals surface area contributed by atoms with Crippen LogP contribution in [0.25, 0.3) is 0 Å². The fourth-order valence-corrected chi connectivity index (χ4v) is 2.15. The summed E-state index contributed by atoms with van der Waals surface area (Å²) in [6, 6.07) is 0. The van der Waals surface area contributed by atoms with Gasteiger partial charge in [-0.25, -0.2) is 4.98 Å². The van der Waals surface area contributed by atoms with Crippen LogP contribution in [0.1, 0.15) is 50.9 Å². The van der Waals surface area contributed by atoms with Crippen molar-refractivity contribution >= 4 is 0 Å². The van der Waals surface area contributed by atoms with Gasteiger partial charge >= 0.3 is 0 Å². The first-order valence-electron chi connectivity index (χ1n) is 7.02. The van der Waals surface area contributed by atoms with Crippen LogP contribution in [-0.2, 0) is 11.2 Å². The van der Waals surface area contributed by atoms with E-state index < -0.39 is 0 Å². The molecule has 102 valence electrons. The molecule has 1 atom stereocenters. The summed E-state index contributed by atoms with van der Waals surface area (Å²) in [6.07, 6.45) is 6.12. The standard InChI is InChI=1S/C14H24N2O2/c1-11(2)9-15-7-3-6-14-16-10-13(18-14)12-5-4-8-17-12/h10-12,15H,3-9H2,1-2H3. The molecule has 1 aromatic heterocycles. The van der Waals surface area contributed by atoms with Crippen LogP contribution in [0.4, 0.5) is 0 Å². The maximum absolute atomic E-state index is 5.73. The minimum atomic E-state index is 0.144. The molecule has 0 aliphatic carbocycles. The third kappa shape index (κ3) is 4.10. The molecule has 0 amide bonds. The van der Waals surface area contributed by atoms with E-state index in [2.05, 4.69) is 24.1 Å². The lowest BCUT2D eigenvalue weighted by molar-refractivity contribution is 0.0924. The second kappa shape index (κ2) is 6.90. The summed E-state index contributed by atoms with van der Waals surface area (Å²) in [5.74, 6) is 2.45. The van der Waals surface area contributed by atoms with Crippen LogP contribution in [0.3, 0.4) is 0 Å². The van der Waals surface area contributed by atoms with Gasteiger partial charge in [-0.15, -0.1) is 0 Å². The number of oxazole rings is 1. The first-order chi connectivity index (χ1) is 8.75. The van der Waals surface area contributed by atoms with E-state index in [1.165, 1.54) is 0 Å². The normalized spacial score (nSPS) is 19.8. The van der Waals surface area contributed by atoms with Gasteiger partial charge < -0.3 is 14.5 Å². The number of rotatable bonds is 7. The molecule has 0 radical (unpaired) electrons. The first-order valence-corrected chi connectivity index (χ1v) is 7.02. The molecular formula is C14H24N2O2. The predicted molar refractivity (Wildman–Crippen MR) is 70.5 cm³/mol. The second-order valence-corrected chi connectivity index (χ2v) is 5.36. The summed E-state index contributed by atoms with van der Waals surface area (Å²) in [5.41, 5.74) is 0. The Labute approximate surface area is 109 Å². The van der Waals surface area contributed by atoms with Crippen molar-refractivity contribution in [3.63, 3.8) is 0 Å². The van der Waals surface area contributed by atoms with Crippen LogP contribution in [0.5, 0.6) is 0 Å². The van der Waals surface area contributed by atoms with Gasteiger partial charge in [0.25, 0.3) is 0 Å². The van der Waals surface area contributed by atoms with E-state index in [0.717, 1.165) is 57.0 Å². The van der Waals surface area contributed by atoms with Crippen molar-refractivity contribution in [3.8, 4) is 0 Å². The summed E-state index contributed by atoms with van der Waals surface area (Å²) >= 11 is 0. The van der Waals surface area contributed by atoms with Gasteiger partial charge in [0.15, 0.2) is 11.7 Å². The zero-order valence-corrected chi connectivity index (χ0v) is 11.4. The monoisotopic (exact) mass is 252 g/mol. The molecule has 1 aromatic rings. The lowest BCUT2D eigenvalue weighted by atomic mass is 10.2. The first kappa shape index (κ1) is 13.6. The van der Waals surface area contributed by atoms with Gasteiger partial charge in [-0.1, -0.05) is 13.8 Å². The molecule has 2 heterocycles. The van der Waals surface area contributed by atoms with E-state index in [-0.39, 0.29) is 6.10 Å². The Bertz CT molecular complexity index is 343. The van der Waals surface area contributed by atoms with Crippen molar-refractivity contribution in [2.75, 3.05) is 19.7 Å². The average Bonchev–Trinajstić information content (AvgIpc) is 2.98. The minimum Gasteiger partial charge on any atom is -0.443 e.